The van der Waals surface area contributed by atoms with Gasteiger partial charge in [-0.15, -0.1) is 11.3 Å². The third kappa shape index (κ3) is 2.34. The number of hydrogen-bond acceptors (Lipinski definition) is 4. The fourth-order valence-electron chi connectivity index (χ4n) is 1.87. The summed E-state index contributed by atoms with van der Waals surface area (Å²) in [4.78, 5) is 13.3. The Morgan fingerprint density at radius 3 is 2.95 bits per heavy atom. The van der Waals surface area contributed by atoms with E-state index in [2.05, 4.69) is 20.7 Å². The maximum absolute atomic E-state index is 12.2. The van der Waals surface area contributed by atoms with E-state index in [-0.39, 0.29) is 11.9 Å². The molecule has 3 rings (SSSR count). The standard InChI is InChI=1S/C13H12N4OS/c1-8(12-3-2-6-19-12)14-13(18)9-4-5-10-11(7-9)16-17-15-10/h2-8H,1H3,(H,14,18)(H,15,16,17)/t8-/m1/s1. The van der Waals surface area contributed by atoms with Gasteiger partial charge in [-0.2, -0.15) is 15.4 Å². The van der Waals surface area contributed by atoms with Crippen LogP contribution < -0.4 is 5.32 Å². The van der Waals surface area contributed by atoms with Gasteiger partial charge in [-0.25, -0.2) is 0 Å². The van der Waals surface area contributed by atoms with Crippen LogP contribution in [0, 0.1) is 0 Å². The van der Waals surface area contributed by atoms with E-state index in [1.54, 1.807) is 29.5 Å². The van der Waals surface area contributed by atoms with Gasteiger partial charge < -0.3 is 5.32 Å². The molecule has 2 aromatic heterocycles. The van der Waals surface area contributed by atoms with Crippen LogP contribution in [0.5, 0.6) is 0 Å². The van der Waals surface area contributed by atoms with E-state index in [0.29, 0.717) is 11.1 Å². The average Bonchev–Trinajstić information content (AvgIpc) is 3.09. The van der Waals surface area contributed by atoms with Crippen LogP contribution in [-0.2, 0) is 0 Å². The van der Waals surface area contributed by atoms with E-state index in [0.717, 1.165) is 10.4 Å². The molecule has 19 heavy (non-hydrogen) atoms. The van der Waals surface area contributed by atoms with Gasteiger partial charge in [-0.3, -0.25) is 4.79 Å². The number of rotatable bonds is 3. The molecular weight excluding hydrogens is 260 g/mol. The lowest BCUT2D eigenvalue weighted by atomic mass is 10.1. The molecule has 0 radical (unpaired) electrons. The smallest absolute Gasteiger partial charge is 0.251 e. The first-order chi connectivity index (χ1) is 9.24. The normalized spacial score (nSPS) is 12.5. The molecule has 0 unspecified atom stereocenters. The summed E-state index contributed by atoms with van der Waals surface area (Å²) in [5.74, 6) is -0.106. The molecule has 0 saturated carbocycles. The quantitative estimate of drug-likeness (QED) is 0.769. The van der Waals surface area contributed by atoms with Gasteiger partial charge in [0.05, 0.1) is 6.04 Å². The lowest BCUT2D eigenvalue weighted by Crippen LogP contribution is -2.26. The average molecular weight is 272 g/mol. The summed E-state index contributed by atoms with van der Waals surface area (Å²) in [6.07, 6.45) is 0. The highest BCUT2D eigenvalue weighted by Crippen LogP contribution is 2.19. The molecule has 0 saturated heterocycles. The summed E-state index contributed by atoms with van der Waals surface area (Å²) in [5, 5.41) is 15.4. The molecule has 5 nitrogen and oxygen atoms in total. The molecule has 1 atom stereocenters. The summed E-state index contributed by atoms with van der Waals surface area (Å²) < 4.78 is 0. The van der Waals surface area contributed by atoms with Gasteiger partial charge in [0.2, 0.25) is 0 Å². The van der Waals surface area contributed by atoms with Gasteiger partial charge in [0.15, 0.2) is 0 Å². The largest absolute Gasteiger partial charge is 0.345 e. The number of nitrogens with one attached hydrogen (secondary N) is 2. The van der Waals surface area contributed by atoms with Gasteiger partial charge in [0.1, 0.15) is 11.0 Å². The highest BCUT2D eigenvalue weighted by molar-refractivity contribution is 7.10. The fourth-order valence-corrected chi connectivity index (χ4v) is 2.60. The molecule has 3 aromatic rings. The molecule has 1 aromatic carbocycles. The summed E-state index contributed by atoms with van der Waals surface area (Å²) in [6, 6.07) is 9.25. The predicted molar refractivity (Wildman–Crippen MR) is 74.1 cm³/mol. The van der Waals surface area contributed by atoms with E-state index in [1.807, 2.05) is 24.4 Å². The number of benzene rings is 1. The SMILES string of the molecule is C[C@@H](NC(=O)c1ccc2n[nH]nc2c1)c1cccs1. The number of thiophene rings is 1. The van der Waals surface area contributed by atoms with E-state index in [1.165, 1.54) is 0 Å². The van der Waals surface area contributed by atoms with Gasteiger partial charge in [0.25, 0.3) is 5.91 Å². The van der Waals surface area contributed by atoms with Crippen LogP contribution in [0.3, 0.4) is 0 Å². The van der Waals surface area contributed by atoms with Crippen molar-refractivity contribution >= 4 is 28.3 Å². The van der Waals surface area contributed by atoms with Crippen molar-refractivity contribution < 1.29 is 4.79 Å². The zero-order chi connectivity index (χ0) is 13.2. The number of hydrogen-bond donors (Lipinski definition) is 2. The lowest BCUT2D eigenvalue weighted by Gasteiger charge is -2.12. The monoisotopic (exact) mass is 272 g/mol. The van der Waals surface area contributed by atoms with Crippen molar-refractivity contribution in [1.29, 1.82) is 0 Å². The lowest BCUT2D eigenvalue weighted by molar-refractivity contribution is 0.0940. The number of amides is 1. The van der Waals surface area contributed by atoms with Crippen molar-refractivity contribution in [2.24, 2.45) is 0 Å². The van der Waals surface area contributed by atoms with Crippen LogP contribution in [0.2, 0.25) is 0 Å². The van der Waals surface area contributed by atoms with Crippen molar-refractivity contribution in [3.63, 3.8) is 0 Å². The minimum absolute atomic E-state index is 0.000468. The first-order valence-electron chi connectivity index (χ1n) is 5.89. The minimum atomic E-state index is -0.106. The number of aromatic nitrogens is 3. The van der Waals surface area contributed by atoms with E-state index >= 15 is 0 Å². The maximum Gasteiger partial charge on any atom is 0.251 e. The Hall–Kier alpha value is -2.21. The first-order valence-corrected chi connectivity index (χ1v) is 6.77. The molecule has 2 heterocycles. The summed E-state index contributed by atoms with van der Waals surface area (Å²) in [7, 11) is 0. The van der Waals surface area contributed by atoms with Crippen molar-refractivity contribution in [3.8, 4) is 0 Å². The second-order valence-corrected chi connectivity index (χ2v) is 5.22. The molecule has 0 aliphatic heterocycles. The van der Waals surface area contributed by atoms with Crippen molar-refractivity contribution in [1.82, 2.24) is 20.7 Å². The highest BCUT2D eigenvalue weighted by atomic mass is 32.1. The predicted octanol–water partition coefficient (Wildman–Crippen LogP) is 2.51. The Bertz CT molecular complexity index is 704. The van der Waals surface area contributed by atoms with Crippen LogP contribution in [-0.4, -0.2) is 21.3 Å². The summed E-state index contributed by atoms with van der Waals surface area (Å²) in [6.45, 7) is 1.97. The number of carbonyl (C=O) groups excluding carboxylic acids is 1. The zero-order valence-corrected chi connectivity index (χ0v) is 11.1. The Kier molecular flexibility index (Phi) is 3.00. The second kappa shape index (κ2) is 4.81. The fraction of sp³-hybridized carbons (Fsp3) is 0.154. The second-order valence-electron chi connectivity index (χ2n) is 4.24. The molecule has 0 bridgehead atoms. The molecule has 6 heteroatoms. The Morgan fingerprint density at radius 1 is 1.32 bits per heavy atom. The molecule has 1 amide bonds. The van der Waals surface area contributed by atoms with Crippen LogP contribution in [0.1, 0.15) is 28.2 Å². The molecule has 0 spiro atoms. The number of aromatic amines is 1. The van der Waals surface area contributed by atoms with Gasteiger partial charge >= 0.3 is 0 Å². The van der Waals surface area contributed by atoms with E-state index in [9.17, 15) is 4.79 Å². The van der Waals surface area contributed by atoms with Crippen LogP contribution >= 0.6 is 11.3 Å². The molecule has 2 N–H and O–H groups in total. The number of carbonyl (C=O) groups is 1. The van der Waals surface area contributed by atoms with Crippen LogP contribution in [0.25, 0.3) is 11.0 Å². The third-order valence-corrected chi connectivity index (χ3v) is 3.95. The van der Waals surface area contributed by atoms with Crippen LogP contribution in [0.15, 0.2) is 35.7 Å². The Labute approximate surface area is 113 Å². The number of nitrogens with zero attached hydrogens (tertiary/aromatic N) is 2. The molecular formula is C13H12N4OS. The third-order valence-electron chi connectivity index (χ3n) is 2.90. The minimum Gasteiger partial charge on any atom is -0.345 e. The topological polar surface area (TPSA) is 70.7 Å². The maximum atomic E-state index is 12.2. The van der Waals surface area contributed by atoms with Crippen molar-refractivity contribution in [2.75, 3.05) is 0 Å². The summed E-state index contributed by atoms with van der Waals surface area (Å²) >= 11 is 1.63. The Balaban J connectivity index is 1.79. The van der Waals surface area contributed by atoms with Crippen molar-refractivity contribution in [2.45, 2.75) is 13.0 Å². The Morgan fingerprint density at radius 2 is 2.16 bits per heavy atom. The number of fused-ring (bicyclic) bond motifs is 1. The zero-order valence-electron chi connectivity index (χ0n) is 10.3. The van der Waals surface area contributed by atoms with Crippen molar-refractivity contribution in [3.05, 3.63) is 46.2 Å². The van der Waals surface area contributed by atoms with Gasteiger partial charge in [-0.1, -0.05) is 6.07 Å². The molecule has 0 aliphatic carbocycles. The highest BCUT2D eigenvalue weighted by Gasteiger charge is 2.13. The number of H-pyrrole nitrogens is 1. The first kappa shape index (κ1) is 11.9. The van der Waals surface area contributed by atoms with Gasteiger partial charge in [-0.05, 0) is 36.6 Å². The molecule has 0 aliphatic rings. The van der Waals surface area contributed by atoms with Gasteiger partial charge in [0, 0.05) is 10.4 Å². The van der Waals surface area contributed by atoms with E-state index < -0.39 is 0 Å². The van der Waals surface area contributed by atoms with Crippen LogP contribution in [0.4, 0.5) is 0 Å². The molecule has 96 valence electrons. The van der Waals surface area contributed by atoms with E-state index in [4.69, 9.17) is 0 Å². The summed E-state index contributed by atoms with van der Waals surface area (Å²) in [5.41, 5.74) is 2.03. The molecule has 0 fully saturated rings.